The third-order valence-electron chi connectivity index (χ3n) is 7.08. The van der Waals surface area contributed by atoms with Crippen molar-refractivity contribution in [1.82, 2.24) is 0 Å². The predicted octanol–water partition coefficient (Wildman–Crippen LogP) is 7.08. The van der Waals surface area contributed by atoms with Gasteiger partial charge in [-0.2, -0.15) is 0 Å². The quantitative estimate of drug-likeness (QED) is 0.338. The van der Waals surface area contributed by atoms with Crippen LogP contribution in [0.15, 0.2) is 22.7 Å². The summed E-state index contributed by atoms with van der Waals surface area (Å²) >= 11 is 3.76. The Bertz CT molecular complexity index is 801. The van der Waals surface area contributed by atoms with Crippen molar-refractivity contribution >= 4 is 27.9 Å². The third kappa shape index (κ3) is 7.00. The Labute approximate surface area is 203 Å². The number of hydrogen-bond donors (Lipinski definition) is 0. The summed E-state index contributed by atoms with van der Waals surface area (Å²) in [6.45, 7) is 3.28. The molecule has 0 saturated heterocycles. The number of alkyl halides is 2. The second kappa shape index (κ2) is 12.3. The first-order chi connectivity index (χ1) is 15.8. The Kier molecular flexibility index (Phi) is 9.71. The van der Waals surface area contributed by atoms with E-state index in [1.54, 1.807) is 13.8 Å². The first-order valence-electron chi connectivity index (χ1n) is 12.3. The van der Waals surface area contributed by atoms with E-state index >= 15 is 0 Å². The zero-order chi connectivity index (χ0) is 24.0. The van der Waals surface area contributed by atoms with Crippen molar-refractivity contribution in [3.8, 4) is 0 Å². The first kappa shape index (κ1) is 26.1. The van der Waals surface area contributed by atoms with Gasteiger partial charge in [0.2, 0.25) is 0 Å². The number of benzene rings is 1. The van der Waals surface area contributed by atoms with Crippen molar-refractivity contribution in [3.05, 3.63) is 33.8 Å². The molecular formula is C26H35BrF2O4. The van der Waals surface area contributed by atoms with Crippen LogP contribution in [0.3, 0.4) is 0 Å². The van der Waals surface area contributed by atoms with Gasteiger partial charge in [-0.05, 0) is 93.2 Å². The molecule has 2 fully saturated rings. The van der Waals surface area contributed by atoms with Gasteiger partial charge in [-0.3, -0.25) is 0 Å². The lowest BCUT2D eigenvalue weighted by Gasteiger charge is -2.31. The van der Waals surface area contributed by atoms with Crippen LogP contribution in [0.2, 0.25) is 0 Å². The zero-order valence-corrected chi connectivity index (χ0v) is 21.1. The van der Waals surface area contributed by atoms with E-state index in [-0.39, 0.29) is 25.0 Å². The summed E-state index contributed by atoms with van der Waals surface area (Å²) in [5.74, 6) is -0.670. The molecule has 0 heterocycles. The lowest BCUT2D eigenvalue weighted by atomic mass is 9.80. The molecule has 7 heteroatoms. The second-order valence-electron chi connectivity index (χ2n) is 9.35. The molecule has 0 unspecified atom stereocenters. The van der Waals surface area contributed by atoms with Gasteiger partial charge < -0.3 is 9.47 Å². The van der Waals surface area contributed by atoms with Crippen LogP contribution in [-0.2, 0) is 19.1 Å². The number of hydrogen-bond acceptors (Lipinski definition) is 4. The highest BCUT2D eigenvalue weighted by atomic mass is 79.9. The van der Waals surface area contributed by atoms with Crippen LogP contribution in [0.5, 0.6) is 0 Å². The van der Waals surface area contributed by atoms with Gasteiger partial charge in [-0.25, -0.2) is 18.4 Å². The van der Waals surface area contributed by atoms with Gasteiger partial charge in [0.05, 0.1) is 0 Å². The van der Waals surface area contributed by atoms with Crippen LogP contribution in [0, 0.1) is 0 Å². The molecule has 2 atom stereocenters. The Morgan fingerprint density at radius 3 is 1.73 bits per heavy atom. The SMILES string of the molecule is CC[C@H](F)C(=O)OC1CCC(c2ccc(C3CCC(OC(=O)[C@@H](F)CC)CC3)c(Br)c2)CC1. The molecule has 4 nitrogen and oxygen atoms in total. The molecule has 0 aromatic heterocycles. The smallest absolute Gasteiger partial charge is 0.340 e. The summed E-state index contributed by atoms with van der Waals surface area (Å²) in [6, 6.07) is 6.57. The molecule has 0 bridgehead atoms. The Morgan fingerprint density at radius 1 is 0.848 bits per heavy atom. The maximum absolute atomic E-state index is 13.5. The third-order valence-corrected chi connectivity index (χ3v) is 7.76. The minimum atomic E-state index is -1.52. The molecule has 2 saturated carbocycles. The number of rotatable bonds is 8. The van der Waals surface area contributed by atoms with Crippen molar-refractivity contribution in [2.45, 2.75) is 114 Å². The average Bonchev–Trinajstić information content (AvgIpc) is 2.83. The lowest BCUT2D eigenvalue weighted by molar-refractivity contribution is -0.157. The van der Waals surface area contributed by atoms with E-state index in [1.165, 1.54) is 11.1 Å². The van der Waals surface area contributed by atoms with Crippen LogP contribution in [0.1, 0.15) is 101 Å². The number of esters is 2. The molecule has 1 aromatic rings. The molecule has 0 amide bonds. The van der Waals surface area contributed by atoms with E-state index in [0.717, 1.165) is 55.8 Å². The van der Waals surface area contributed by atoms with Crippen LogP contribution in [0.4, 0.5) is 8.78 Å². The van der Waals surface area contributed by atoms with E-state index in [2.05, 4.69) is 34.1 Å². The lowest BCUT2D eigenvalue weighted by Crippen LogP contribution is -2.28. The molecule has 2 aliphatic rings. The van der Waals surface area contributed by atoms with Crippen LogP contribution >= 0.6 is 15.9 Å². The largest absolute Gasteiger partial charge is 0.460 e. The summed E-state index contributed by atoms with van der Waals surface area (Å²) in [5, 5.41) is 0. The molecule has 0 N–H and O–H groups in total. The monoisotopic (exact) mass is 528 g/mol. The maximum Gasteiger partial charge on any atom is 0.340 e. The second-order valence-corrected chi connectivity index (χ2v) is 10.2. The van der Waals surface area contributed by atoms with Gasteiger partial charge in [-0.15, -0.1) is 0 Å². The van der Waals surface area contributed by atoms with Crippen molar-refractivity contribution in [2.75, 3.05) is 0 Å². The van der Waals surface area contributed by atoms with Crippen molar-refractivity contribution in [1.29, 1.82) is 0 Å². The molecule has 2 aliphatic carbocycles. The average molecular weight is 529 g/mol. The van der Waals surface area contributed by atoms with Crippen LogP contribution < -0.4 is 0 Å². The zero-order valence-electron chi connectivity index (χ0n) is 19.5. The first-order valence-corrected chi connectivity index (χ1v) is 13.1. The highest BCUT2D eigenvalue weighted by Crippen LogP contribution is 2.40. The van der Waals surface area contributed by atoms with Crippen LogP contribution in [-0.4, -0.2) is 36.5 Å². The van der Waals surface area contributed by atoms with Gasteiger partial charge >= 0.3 is 11.9 Å². The summed E-state index contributed by atoms with van der Waals surface area (Å²) in [4.78, 5) is 23.4. The highest BCUT2D eigenvalue weighted by Gasteiger charge is 2.30. The maximum atomic E-state index is 13.5. The fraction of sp³-hybridized carbons (Fsp3) is 0.692. The fourth-order valence-electron chi connectivity index (χ4n) is 4.94. The van der Waals surface area contributed by atoms with E-state index in [0.29, 0.717) is 11.8 Å². The molecule has 33 heavy (non-hydrogen) atoms. The minimum Gasteiger partial charge on any atom is -0.460 e. The summed E-state index contributed by atoms with van der Waals surface area (Å²) in [5.41, 5.74) is 2.53. The molecule has 3 rings (SSSR count). The minimum absolute atomic E-state index is 0.150. The topological polar surface area (TPSA) is 52.6 Å². The van der Waals surface area contributed by atoms with Crippen molar-refractivity contribution in [2.24, 2.45) is 0 Å². The predicted molar refractivity (Wildman–Crippen MR) is 127 cm³/mol. The standard InChI is InChI=1S/C26H35BrF2O4/c1-3-23(28)25(30)32-19-10-5-16(6-11-19)18-9-14-21(22(27)15-18)17-7-12-20(13-8-17)33-26(31)24(29)4-2/h9,14-17,19-20,23-24H,3-8,10-13H2,1-2H3/t16?,17?,19?,20?,23-,24-/m0/s1. The molecule has 0 radical (unpaired) electrons. The summed E-state index contributed by atoms with van der Waals surface area (Å²) in [7, 11) is 0. The molecule has 1 aromatic carbocycles. The molecule has 0 spiro atoms. The number of carbonyl (C=O) groups is 2. The Balaban J connectivity index is 1.50. The molecule has 184 valence electrons. The van der Waals surface area contributed by atoms with Crippen molar-refractivity contribution in [3.63, 3.8) is 0 Å². The van der Waals surface area contributed by atoms with E-state index in [4.69, 9.17) is 9.47 Å². The number of halogens is 3. The van der Waals surface area contributed by atoms with E-state index in [9.17, 15) is 18.4 Å². The molecule has 0 aliphatic heterocycles. The van der Waals surface area contributed by atoms with Gasteiger partial charge in [0.15, 0.2) is 12.3 Å². The van der Waals surface area contributed by atoms with Gasteiger partial charge in [-0.1, -0.05) is 41.9 Å². The van der Waals surface area contributed by atoms with Gasteiger partial charge in [0.25, 0.3) is 0 Å². The normalized spacial score (nSPS) is 27.4. The van der Waals surface area contributed by atoms with Gasteiger partial charge in [0.1, 0.15) is 12.2 Å². The number of carbonyl (C=O) groups excluding carboxylic acids is 2. The molecular weight excluding hydrogens is 494 g/mol. The van der Waals surface area contributed by atoms with Gasteiger partial charge in [0, 0.05) is 4.47 Å². The summed E-state index contributed by atoms with van der Waals surface area (Å²) in [6.07, 6.45) is 3.53. The Hall–Kier alpha value is -1.50. The summed E-state index contributed by atoms with van der Waals surface area (Å²) < 4.78 is 38.7. The fourth-order valence-corrected chi connectivity index (χ4v) is 5.66. The Morgan fingerprint density at radius 2 is 1.30 bits per heavy atom. The van der Waals surface area contributed by atoms with Crippen LogP contribution in [0.25, 0.3) is 0 Å². The number of ether oxygens (including phenoxy) is 2. The van der Waals surface area contributed by atoms with Crippen molar-refractivity contribution < 1.29 is 27.8 Å². The van der Waals surface area contributed by atoms with E-state index < -0.39 is 24.3 Å². The van der Waals surface area contributed by atoms with E-state index in [1.807, 2.05) is 0 Å². The highest BCUT2D eigenvalue weighted by molar-refractivity contribution is 9.10.